The third-order valence-electron chi connectivity index (χ3n) is 0.704. The van der Waals surface area contributed by atoms with Crippen molar-refractivity contribution in [1.29, 1.82) is 0 Å². The third kappa shape index (κ3) is 6.23. The Kier molecular flexibility index (Phi) is 6.43. The van der Waals surface area contributed by atoms with Gasteiger partial charge in [0.1, 0.15) is 0 Å². The van der Waals surface area contributed by atoms with Crippen LogP contribution in [0.3, 0.4) is 0 Å². The largest absolute Gasteiger partial charge is 0.334 e. The average molecular weight is 269 g/mol. The molecule has 42 valence electrons. The second-order valence-corrected chi connectivity index (χ2v) is 1.56. The van der Waals surface area contributed by atoms with E-state index in [1.54, 1.807) is 6.92 Å². The normalized spacial score (nSPS) is 6.71. The van der Waals surface area contributed by atoms with Crippen LogP contribution >= 0.6 is 0 Å². The van der Waals surface area contributed by atoms with Crippen LogP contribution < -0.4 is 0 Å². The molecule has 0 atom stereocenters. The van der Waals surface area contributed by atoms with E-state index in [1.807, 2.05) is 13.8 Å². The molecule has 0 bridgehead atoms. The molecule has 0 aliphatic carbocycles. The van der Waals surface area contributed by atoms with Crippen molar-refractivity contribution >= 4 is 5.78 Å². The van der Waals surface area contributed by atoms with Crippen LogP contribution in [0.5, 0.6) is 0 Å². The van der Waals surface area contributed by atoms with Gasteiger partial charge in [-0.05, 0) is 12.7 Å². The summed E-state index contributed by atoms with van der Waals surface area (Å²) in [5.41, 5.74) is 0. The van der Waals surface area contributed by atoms with E-state index in [4.69, 9.17) is 0 Å². The number of Topliss-reactive ketones (excluding diaryl/α,β-unsaturated/α-hetero) is 1. The van der Waals surface area contributed by atoms with Gasteiger partial charge in [0, 0.05) is 21.1 Å². The minimum Gasteiger partial charge on any atom is -0.334 e. The SMILES string of the molecule is CC(=O)[C-](C)C.[W]. The van der Waals surface area contributed by atoms with Crippen molar-refractivity contribution in [1.82, 2.24) is 0 Å². The van der Waals surface area contributed by atoms with E-state index in [1.165, 1.54) is 0 Å². The topological polar surface area (TPSA) is 17.1 Å². The van der Waals surface area contributed by atoms with E-state index >= 15 is 0 Å². The van der Waals surface area contributed by atoms with Gasteiger partial charge in [-0.2, -0.15) is 13.8 Å². The minimum absolute atomic E-state index is 0. The van der Waals surface area contributed by atoms with E-state index in [2.05, 4.69) is 0 Å². The molecule has 0 aromatic carbocycles. The summed E-state index contributed by atoms with van der Waals surface area (Å²) in [6, 6.07) is 0. The Bertz CT molecular complexity index is 59.1. The van der Waals surface area contributed by atoms with Gasteiger partial charge >= 0.3 is 0 Å². The standard InChI is InChI=1S/C5H9O.W/c1-4(2)5(3)6;/h1-3H3;/q-1;. The summed E-state index contributed by atoms with van der Waals surface area (Å²) in [6.45, 7) is 5.18. The Morgan fingerprint density at radius 1 is 1.43 bits per heavy atom. The second-order valence-electron chi connectivity index (χ2n) is 1.56. The summed E-state index contributed by atoms with van der Waals surface area (Å²) in [4.78, 5) is 10.1. The molecule has 0 N–H and O–H groups in total. The quantitative estimate of drug-likeness (QED) is 0.653. The summed E-state index contributed by atoms with van der Waals surface area (Å²) in [6.07, 6.45) is 0. The molecule has 0 aliphatic heterocycles. The van der Waals surface area contributed by atoms with Crippen molar-refractivity contribution in [3.8, 4) is 0 Å². The zero-order chi connectivity index (χ0) is 5.15. The van der Waals surface area contributed by atoms with Gasteiger partial charge < -0.3 is 10.7 Å². The van der Waals surface area contributed by atoms with Crippen LogP contribution in [-0.2, 0) is 25.9 Å². The molecule has 0 amide bonds. The van der Waals surface area contributed by atoms with Crippen molar-refractivity contribution in [3.05, 3.63) is 5.92 Å². The first-order valence-electron chi connectivity index (χ1n) is 1.95. The summed E-state index contributed by atoms with van der Waals surface area (Å²) in [5, 5.41) is 0. The van der Waals surface area contributed by atoms with Crippen molar-refractivity contribution in [2.45, 2.75) is 20.8 Å². The number of hydrogen-bond donors (Lipinski definition) is 0. The van der Waals surface area contributed by atoms with Gasteiger partial charge in [0.2, 0.25) is 0 Å². The Balaban J connectivity index is 0. The van der Waals surface area contributed by atoms with Crippen LogP contribution in [-0.4, -0.2) is 5.78 Å². The molecule has 0 heterocycles. The van der Waals surface area contributed by atoms with Gasteiger partial charge in [-0.1, -0.05) is 0 Å². The van der Waals surface area contributed by atoms with Crippen LogP contribution in [0.25, 0.3) is 0 Å². The van der Waals surface area contributed by atoms with Crippen molar-refractivity contribution in [2.24, 2.45) is 0 Å². The smallest absolute Gasteiger partial charge is 0 e. The van der Waals surface area contributed by atoms with Crippen LogP contribution in [0.15, 0.2) is 0 Å². The fourth-order valence-corrected chi connectivity index (χ4v) is 0. The molecule has 0 aromatic rings. The van der Waals surface area contributed by atoms with E-state index in [-0.39, 0.29) is 26.8 Å². The fourth-order valence-electron chi connectivity index (χ4n) is 0. The number of ketones is 1. The first kappa shape index (κ1) is 10.3. The molecule has 0 aromatic heterocycles. The molecule has 0 fully saturated rings. The first-order valence-corrected chi connectivity index (χ1v) is 1.95. The summed E-state index contributed by atoms with van der Waals surface area (Å²) in [7, 11) is 0. The molecule has 0 rings (SSSR count). The van der Waals surface area contributed by atoms with Crippen LogP contribution in [0.2, 0.25) is 0 Å². The molecule has 0 saturated carbocycles. The molecule has 0 spiro atoms. The van der Waals surface area contributed by atoms with Crippen molar-refractivity contribution < 1.29 is 25.9 Å². The molecule has 0 unspecified atom stereocenters. The number of hydrogen-bond acceptors (Lipinski definition) is 1. The van der Waals surface area contributed by atoms with E-state index in [0.717, 1.165) is 5.92 Å². The molecule has 0 saturated heterocycles. The Morgan fingerprint density at radius 2 is 1.57 bits per heavy atom. The van der Waals surface area contributed by atoms with E-state index in [0.29, 0.717) is 0 Å². The zero-order valence-electron chi connectivity index (χ0n) is 4.82. The van der Waals surface area contributed by atoms with Gasteiger partial charge in [0.05, 0.1) is 0 Å². The molecule has 2 heteroatoms. The third-order valence-corrected chi connectivity index (χ3v) is 0.704. The molecule has 0 radical (unpaired) electrons. The van der Waals surface area contributed by atoms with Gasteiger partial charge in [0.25, 0.3) is 0 Å². The molecule has 0 aliphatic rings. The Morgan fingerprint density at radius 3 is 1.57 bits per heavy atom. The maximum atomic E-state index is 10.1. The zero-order valence-corrected chi connectivity index (χ0v) is 7.75. The molecular weight excluding hydrogens is 260 g/mol. The Hall–Kier alpha value is 0.228. The molecule has 1 nitrogen and oxygen atoms in total. The monoisotopic (exact) mass is 269 g/mol. The van der Waals surface area contributed by atoms with E-state index in [9.17, 15) is 4.79 Å². The van der Waals surface area contributed by atoms with Crippen LogP contribution in [0.4, 0.5) is 0 Å². The number of carbonyl (C=O) groups is 1. The van der Waals surface area contributed by atoms with Gasteiger partial charge in [-0.15, -0.1) is 0 Å². The fraction of sp³-hybridized carbons (Fsp3) is 0.600. The van der Waals surface area contributed by atoms with Crippen molar-refractivity contribution in [2.75, 3.05) is 0 Å². The van der Waals surface area contributed by atoms with Crippen LogP contribution in [0, 0.1) is 5.92 Å². The van der Waals surface area contributed by atoms with Gasteiger partial charge in [0.15, 0.2) is 0 Å². The molecular formula is C5H9OW-. The van der Waals surface area contributed by atoms with Gasteiger partial charge in [-0.3, -0.25) is 0 Å². The average Bonchev–Trinajstić information content (AvgIpc) is 1.36. The summed E-state index contributed by atoms with van der Waals surface area (Å²) < 4.78 is 0. The Labute approximate surface area is 58.7 Å². The predicted octanol–water partition coefficient (Wildman–Crippen LogP) is 1.19. The molecule has 7 heavy (non-hydrogen) atoms. The van der Waals surface area contributed by atoms with Gasteiger partial charge in [-0.25, -0.2) is 0 Å². The van der Waals surface area contributed by atoms with Crippen LogP contribution in [0.1, 0.15) is 20.8 Å². The number of rotatable bonds is 1. The summed E-state index contributed by atoms with van der Waals surface area (Å²) >= 11 is 0. The minimum atomic E-state index is 0. The second kappa shape index (κ2) is 4.39. The summed E-state index contributed by atoms with van der Waals surface area (Å²) in [5.74, 6) is 1.05. The van der Waals surface area contributed by atoms with Crippen molar-refractivity contribution in [3.63, 3.8) is 0 Å². The number of carbonyl (C=O) groups excluding carboxylic acids is 1. The first-order chi connectivity index (χ1) is 2.64. The maximum Gasteiger partial charge on any atom is 0 e. The predicted molar refractivity (Wildman–Crippen MR) is 25.3 cm³/mol. The van der Waals surface area contributed by atoms with E-state index < -0.39 is 0 Å². The maximum absolute atomic E-state index is 10.1.